The van der Waals surface area contributed by atoms with Gasteiger partial charge in [0.05, 0.1) is 31.5 Å². The first kappa shape index (κ1) is 21.6. The third kappa shape index (κ3) is 4.82. The Balaban J connectivity index is 1.43. The van der Waals surface area contributed by atoms with Crippen molar-refractivity contribution in [3.8, 4) is 22.8 Å². The summed E-state index contributed by atoms with van der Waals surface area (Å²) in [5, 5.41) is 11.9. The van der Waals surface area contributed by atoms with Gasteiger partial charge in [0.1, 0.15) is 11.5 Å². The maximum atomic E-state index is 13.0. The molecule has 1 aliphatic heterocycles. The van der Waals surface area contributed by atoms with E-state index in [-0.39, 0.29) is 11.8 Å². The summed E-state index contributed by atoms with van der Waals surface area (Å²) in [6, 6.07) is 17.4. The fourth-order valence-electron chi connectivity index (χ4n) is 3.96. The van der Waals surface area contributed by atoms with Crippen LogP contribution in [-0.2, 0) is 4.79 Å². The quantitative estimate of drug-likeness (QED) is 0.625. The lowest BCUT2D eigenvalue weighted by atomic mass is 9.97. The Labute approximate surface area is 188 Å². The van der Waals surface area contributed by atoms with Gasteiger partial charge in [-0.25, -0.2) is 0 Å². The second kappa shape index (κ2) is 9.68. The average molecular weight is 433 g/mol. The molecule has 1 amide bonds. The van der Waals surface area contributed by atoms with Gasteiger partial charge in [-0.05, 0) is 73.9 Å². The number of carbonyl (C=O) groups excluding carboxylic acids is 1. The number of aromatic nitrogens is 2. The van der Waals surface area contributed by atoms with Crippen LogP contribution in [0.1, 0.15) is 18.4 Å². The molecule has 3 aromatic rings. The van der Waals surface area contributed by atoms with Gasteiger partial charge >= 0.3 is 0 Å². The molecule has 2 aromatic carbocycles. The maximum absolute atomic E-state index is 13.0. The highest BCUT2D eigenvalue weighted by atomic mass is 16.5. The van der Waals surface area contributed by atoms with Gasteiger partial charge in [-0.15, -0.1) is 10.2 Å². The Hall–Kier alpha value is -3.61. The molecule has 1 saturated heterocycles. The fraction of sp³-hybridized carbons (Fsp3) is 0.320. The zero-order valence-corrected chi connectivity index (χ0v) is 18.7. The lowest BCUT2D eigenvalue weighted by molar-refractivity contribution is -0.120. The van der Waals surface area contributed by atoms with Crippen molar-refractivity contribution in [2.45, 2.75) is 19.8 Å². The molecule has 1 aliphatic rings. The summed E-state index contributed by atoms with van der Waals surface area (Å²) >= 11 is 0. The summed E-state index contributed by atoms with van der Waals surface area (Å²) in [5.74, 6) is 2.13. The predicted octanol–water partition coefficient (Wildman–Crippen LogP) is 4.32. The lowest BCUT2D eigenvalue weighted by Gasteiger charge is -2.32. The van der Waals surface area contributed by atoms with E-state index in [1.54, 1.807) is 14.2 Å². The highest BCUT2D eigenvalue weighted by molar-refractivity contribution is 5.94. The van der Waals surface area contributed by atoms with E-state index in [2.05, 4.69) is 20.4 Å². The minimum atomic E-state index is -0.128. The van der Waals surface area contributed by atoms with Crippen molar-refractivity contribution < 1.29 is 14.3 Å². The van der Waals surface area contributed by atoms with E-state index >= 15 is 0 Å². The van der Waals surface area contributed by atoms with Crippen molar-refractivity contribution in [2.75, 3.05) is 37.5 Å². The van der Waals surface area contributed by atoms with Crippen molar-refractivity contribution in [1.29, 1.82) is 0 Å². The smallest absolute Gasteiger partial charge is 0.229 e. The summed E-state index contributed by atoms with van der Waals surface area (Å²) in [5.41, 5.74) is 3.55. The van der Waals surface area contributed by atoms with Crippen LogP contribution in [0.3, 0.4) is 0 Å². The van der Waals surface area contributed by atoms with Crippen LogP contribution in [0.25, 0.3) is 11.3 Å². The van der Waals surface area contributed by atoms with Crippen LogP contribution in [0.15, 0.2) is 54.6 Å². The van der Waals surface area contributed by atoms with Gasteiger partial charge in [0.25, 0.3) is 0 Å². The van der Waals surface area contributed by atoms with Gasteiger partial charge in [0, 0.05) is 18.7 Å². The first-order chi connectivity index (χ1) is 15.6. The van der Waals surface area contributed by atoms with Crippen molar-refractivity contribution in [2.24, 2.45) is 5.92 Å². The van der Waals surface area contributed by atoms with Crippen LogP contribution in [0.4, 0.5) is 11.5 Å². The topological polar surface area (TPSA) is 76.6 Å². The molecule has 1 fully saturated rings. The van der Waals surface area contributed by atoms with Crippen LogP contribution in [0.5, 0.6) is 11.5 Å². The number of hydrogen-bond donors (Lipinski definition) is 1. The molecule has 0 saturated carbocycles. The molecule has 1 atom stereocenters. The van der Waals surface area contributed by atoms with E-state index in [4.69, 9.17) is 9.47 Å². The molecule has 32 heavy (non-hydrogen) atoms. The number of aryl methyl sites for hydroxylation is 1. The second-order valence-corrected chi connectivity index (χ2v) is 7.98. The molecule has 7 nitrogen and oxygen atoms in total. The number of amides is 1. The van der Waals surface area contributed by atoms with Crippen molar-refractivity contribution >= 4 is 17.4 Å². The molecule has 2 heterocycles. The van der Waals surface area contributed by atoms with Crippen LogP contribution >= 0.6 is 0 Å². The molecular formula is C25H28N4O3. The Morgan fingerprint density at radius 1 is 1.03 bits per heavy atom. The number of carbonyl (C=O) groups is 1. The number of nitrogens with zero attached hydrogens (tertiary/aromatic N) is 3. The standard InChI is InChI=1S/C25H28N4O3/c1-17-6-12-23(32-3)22(15-17)26-25(30)19-5-4-14-29(16-19)24-13-11-21(27-28-24)18-7-9-20(31-2)10-8-18/h6-13,15,19H,4-5,14,16H2,1-3H3,(H,26,30). The van der Waals surface area contributed by atoms with Crippen LogP contribution < -0.4 is 19.7 Å². The zero-order chi connectivity index (χ0) is 22.5. The minimum Gasteiger partial charge on any atom is -0.497 e. The van der Waals surface area contributed by atoms with E-state index < -0.39 is 0 Å². The summed E-state index contributed by atoms with van der Waals surface area (Å²) in [7, 11) is 3.25. The largest absolute Gasteiger partial charge is 0.497 e. The van der Waals surface area contributed by atoms with E-state index in [0.29, 0.717) is 18.0 Å². The van der Waals surface area contributed by atoms with Gasteiger partial charge < -0.3 is 19.7 Å². The SMILES string of the molecule is COc1ccc(-c2ccc(N3CCCC(C(=O)Nc4cc(C)ccc4OC)C3)nn2)cc1. The normalized spacial score (nSPS) is 15.8. The van der Waals surface area contributed by atoms with Gasteiger partial charge in [-0.2, -0.15) is 0 Å². The van der Waals surface area contributed by atoms with E-state index in [0.717, 1.165) is 47.8 Å². The first-order valence-electron chi connectivity index (χ1n) is 10.8. The van der Waals surface area contributed by atoms with E-state index in [1.165, 1.54) is 0 Å². The molecule has 0 spiro atoms. The van der Waals surface area contributed by atoms with Gasteiger partial charge in [0.2, 0.25) is 5.91 Å². The number of benzene rings is 2. The zero-order valence-electron chi connectivity index (χ0n) is 18.7. The van der Waals surface area contributed by atoms with Crippen molar-refractivity contribution in [1.82, 2.24) is 10.2 Å². The fourth-order valence-corrected chi connectivity index (χ4v) is 3.96. The van der Waals surface area contributed by atoms with E-state index in [1.807, 2.05) is 61.5 Å². The molecule has 166 valence electrons. The first-order valence-corrected chi connectivity index (χ1v) is 10.8. The van der Waals surface area contributed by atoms with Crippen molar-refractivity contribution in [3.05, 3.63) is 60.2 Å². The summed E-state index contributed by atoms with van der Waals surface area (Å²) < 4.78 is 10.6. The third-order valence-corrected chi connectivity index (χ3v) is 5.77. The number of hydrogen-bond acceptors (Lipinski definition) is 6. The summed E-state index contributed by atoms with van der Waals surface area (Å²) in [4.78, 5) is 15.1. The molecule has 1 unspecified atom stereocenters. The maximum Gasteiger partial charge on any atom is 0.229 e. The number of nitrogens with one attached hydrogen (secondary N) is 1. The lowest BCUT2D eigenvalue weighted by Crippen LogP contribution is -2.41. The molecule has 0 radical (unpaired) electrons. The number of anilines is 2. The highest BCUT2D eigenvalue weighted by Crippen LogP contribution is 2.28. The molecule has 7 heteroatoms. The Morgan fingerprint density at radius 3 is 2.53 bits per heavy atom. The van der Waals surface area contributed by atoms with Gasteiger partial charge in [-0.3, -0.25) is 4.79 Å². The molecule has 0 aliphatic carbocycles. The average Bonchev–Trinajstić information content (AvgIpc) is 2.84. The van der Waals surface area contributed by atoms with Crippen LogP contribution in [0.2, 0.25) is 0 Å². The second-order valence-electron chi connectivity index (χ2n) is 7.98. The Bertz CT molecular complexity index is 1070. The van der Waals surface area contributed by atoms with Gasteiger partial charge in [0.15, 0.2) is 5.82 Å². The number of ether oxygens (including phenoxy) is 2. The molecule has 0 bridgehead atoms. The Kier molecular flexibility index (Phi) is 6.54. The molecule has 1 N–H and O–H groups in total. The highest BCUT2D eigenvalue weighted by Gasteiger charge is 2.27. The van der Waals surface area contributed by atoms with E-state index in [9.17, 15) is 4.79 Å². The molecule has 4 rings (SSSR count). The molecular weight excluding hydrogens is 404 g/mol. The number of rotatable bonds is 6. The van der Waals surface area contributed by atoms with Crippen LogP contribution in [-0.4, -0.2) is 43.4 Å². The van der Waals surface area contributed by atoms with Crippen LogP contribution in [0, 0.1) is 12.8 Å². The van der Waals surface area contributed by atoms with Gasteiger partial charge in [-0.1, -0.05) is 6.07 Å². The molecule has 1 aromatic heterocycles. The number of methoxy groups -OCH3 is 2. The van der Waals surface area contributed by atoms with Crippen molar-refractivity contribution in [3.63, 3.8) is 0 Å². The third-order valence-electron chi connectivity index (χ3n) is 5.77. The monoisotopic (exact) mass is 432 g/mol. The Morgan fingerprint density at radius 2 is 1.84 bits per heavy atom. The number of piperidine rings is 1. The predicted molar refractivity (Wildman–Crippen MR) is 125 cm³/mol. The minimum absolute atomic E-state index is 0.00131. The summed E-state index contributed by atoms with van der Waals surface area (Å²) in [6.07, 6.45) is 1.76. The summed E-state index contributed by atoms with van der Waals surface area (Å²) in [6.45, 7) is 3.45.